The Bertz CT molecular complexity index is 6.85. The predicted molar refractivity (Wildman–Crippen MR) is 61.9 cm³/mol. The fraction of sp³-hybridized carbons (Fsp3) is 0. The molecule has 0 nitrogen and oxygen atoms in total. The first-order valence-corrected chi connectivity index (χ1v) is 0. The fourth-order valence-electron chi connectivity index (χ4n) is 0. The number of hydrogen-bond donors (Lipinski definition) is 0. The van der Waals surface area contributed by atoms with E-state index in [-0.39, 0.29) is 168 Å². The molecule has 0 bridgehead atoms. The summed E-state index contributed by atoms with van der Waals surface area (Å²) in [6.45, 7) is 0. The van der Waals surface area contributed by atoms with Gasteiger partial charge in [-0.25, -0.2) is 0 Å². The first-order valence-electron chi connectivity index (χ1n) is 0. The van der Waals surface area contributed by atoms with E-state index in [4.69, 9.17) is 0 Å². The third-order valence-corrected chi connectivity index (χ3v) is 0. The average Bonchev–Trinajstić information content (AvgIpc) is 0. The van der Waals surface area contributed by atoms with Crippen molar-refractivity contribution in [1.82, 2.24) is 0 Å². The quantitative estimate of drug-likeness (QED) is 0.249. The molecule has 0 N–H and O–H groups in total. The van der Waals surface area contributed by atoms with Gasteiger partial charge in [-0.05, 0) is 0 Å². The summed E-state index contributed by atoms with van der Waals surface area (Å²) in [6, 6.07) is 0. The topological polar surface area (TPSA) is 0 Å². The van der Waals surface area contributed by atoms with Crippen molar-refractivity contribution >= 4 is 168 Å². The molecule has 0 aromatic heterocycles. The standard InChI is InChI=1S/Cs.3HI.Pb.3H/h;3*1H;;;;. The van der Waals surface area contributed by atoms with Crippen LogP contribution in [-0.4, -0.2) is 96.2 Å². The van der Waals surface area contributed by atoms with E-state index < -0.39 is 0 Å². The predicted octanol–water partition coefficient (Wildman–Crippen LogP) is 0.289. The molecule has 0 heterocycles. The third-order valence-electron chi connectivity index (χ3n) is 0. The van der Waals surface area contributed by atoms with E-state index in [1.54, 1.807) is 0 Å². The molecule has 32 valence electrons. The molecule has 5 heavy (non-hydrogen) atoms. The van der Waals surface area contributed by atoms with Crippen molar-refractivity contribution in [2.75, 3.05) is 0 Å². The summed E-state index contributed by atoms with van der Waals surface area (Å²) in [5, 5.41) is 0. The van der Waals surface area contributed by atoms with E-state index in [0.717, 1.165) is 0 Å². The molecule has 0 amide bonds. The number of hydrogen-bond acceptors (Lipinski definition) is 0. The van der Waals surface area contributed by atoms with Gasteiger partial charge < -0.3 is 0 Å². The van der Waals surface area contributed by atoms with Gasteiger partial charge in [0.25, 0.3) is 0 Å². The van der Waals surface area contributed by atoms with E-state index in [1.165, 1.54) is 0 Å². The molecule has 0 aliphatic carbocycles. The van der Waals surface area contributed by atoms with E-state index in [9.17, 15) is 0 Å². The van der Waals surface area contributed by atoms with E-state index in [1.807, 2.05) is 0 Å². The second-order valence-electron chi connectivity index (χ2n) is 0. The van der Waals surface area contributed by atoms with Crippen LogP contribution in [0.25, 0.3) is 0 Å². The first kappa shape index (κ1) is 32.0. The number of rotatable bonds is 0. The first-order chi connectivity index (χ1) is 0. The van der Waals surface area contributed by atoms with Crippen LogP contribution in [0, 0.1) is 0 Å². The van der Waals surface area contributed by atoms with Gasteiger partial charge >= 0.3 is 96.2 Å². The van der Waals surface area contributed by atoms with Crippen molar-refractivity contribution in [3.05, 3.63) is 0 Å². The monoisotopic (exact) mass is 728 g/mol. The SMILES string of the molecule is I.I.I.[CsH].[PbH2]. The van der Waals surface area contributed by atoms with Gasteiger partial charge in [0.1, 0.15) is 0 Å². The zero-order chi connectivity index (χ0) is 0. The summed E-state index contributed by atoms with van der Waals surface area (Å²) in [7, 11) is 0. The summed E-state index contributed by atoms with van der Waals surface area (Å²) >= 11 is 0. The van der Waals surface area contributed by atoms with Crippen molar-refractivity contribution in [2.24, 2.45) is 0 Å². The van der Waals surface area contributed by atoms with Crippen molar-refractivity contribution in [3.63, 3.8) is 0 Å². The summed E-state index contributed by atoms with van der Waals surface area (Å²) in [4.78, 5) is 0. The van der Waals surface area contributed by atoms with Crippen LogP contribution in [-0.2, 0) is 0 Å². The second kappa shape index (κ2) is 22.9. The van der Waals surface area contributed by atoms with Gasteiger partial charge in [-0.1, -0.05) is 0 Å². The third kappa shape index (κ3) is 17.6. The molecule has 0 aliphatic rings. The maximum atomic E-state index is 0. The van der Waals surface area contributed by atoms with Crippen molar-refractivity contribution in [3.8, 4) is 0 Å². The van der Waals surface area contributed by atoms with Gasteiger partial charge in [0, 0.05) is 0 Å². The minimum atomic E-state index is 0. The molecule has 0 saturated carbocycles. The number of halogens is 3. The molecule has 0 aromatic carbocycles. The Morgan fingerprint density at radius 2 is 0.600 bits per heavy atom. The Hall–Kier alpha value is 5.16. The molecule has 0 aromatic rings. The van der Waals surface area contributed by atoms with Crippen molar-refractivity contribution in [2.45, 2.75) is 0 Å². The molecule has 0 fully saturated rings. The van der Waals surface area contributed by atoms with Crippen LogP contribution in [0.5, 0.6) is 0 Å². The summed E-state index contributed by atoms with van der Waals surface area (Å²) in [6.07, 6.45) is 0. The van der Waals surface area contributed by atoms with Gasteiger partial charge in [-0.15, -0.1) is 71.9 Å². The fourth-order valence-corrected chi connectivity index (χ4v) is 0. The van der Waals surface area contributed by atoms with Crippen LogP contribution in [0.3, 0.4) is 0 Å². The molecule has 0 unspecified atom stereocenters. The van der Waals surface area contributed by atoms with Crippen LogP contribution in [0.1, 0.15) is 0 Å². The van der Waals surface area contributed by atoms with Crippen LogP contribution in [0.2, 0.25) is 0 Å². The van der Waals surface area contributed by atoms with Gasteiger partial charge in [0.05, 0.1) is 0 Å². The van der Waals surface area contributed by atoms with E-state index >= 15 is 0 Å². The van der Waals surface area contributed by atoms with Crippen molar-refractivity contribution in [1.29, 1.82) is 0 Å². The molecule has 0 rings (SSSR count). The van der Waals surface area contributed by atoms with E-state index in [2.05, 4.69) is 0 Å². The molecule has 0 aliphatic heterocycles. The normalized spacial score (nSPS) is 0. The summed E-state index contributed by atoms with van der Waals surface area (Å²) in [5.74, 6) is 0. The summed E-state index contributed by atoms with van der Waals surface area (Å²) < 4.78 is 0. The Labute approximate surface area is 162 Å². The zero-order valence-corrected chi connectivity index (χ0v) is 14.4. The van der Waals surface area contributed by atoms with Gasteiger partial charge in [-0.2, -0.15) is 0 Å². The molecule has 0 saturated heterocycles. The molecule has 5 heteroatoms. The average molecular weight is 727 g/mol. The van der Waals surface area contributed by atoms with Gasteiger partial charge in [0.2, 0.25) is 0 Å². The molecule has 0 spiro atoms. The van der Waals surface area contributed by atoms with Gasteiger partial charge in [0.15, 0.2) is 0 Å². The molecule has 0 atom stereocenters. The maximum absolute atomic E-state index is 0. The minimum absolute atomic E-state index is 0. The Balaban J connectivity index is 0. The Morgan fingerprint density at radius 3 is 0.600 bits per heavy atom. The van der Waals surface area contributed by atoms with Gasteiger partial charge in [-0.3, -0.25) is 0 Å². The van der Waals surface area contributed by atoms with Crippen LogP contribution < -0.4 is 0 Å². The Morgan fingerprint density at radius 1 is 0.600 bits per heavy atom. The van der Waals surface area contributed by atoms with Crippen LogP contribution >= 0.6 is 71.9 Å². The molecule has 2 radical (unpaired) electrons. The van der Waals surface area contributed by atoms with Crippen LogP contribution in [0.4, 0.5) is 0 Å². The van der Waals surface area contributed by atoms with E-state index in [0.29, 0.717) is 0 Å². The van der Waals surface area contributed by atoms with Crippen molar-refractivity contribution < 1.29 is 0 Å². The summed E-state index contributed by atoms with van der Waals surface area (Å²) in [5.41, 5.74) is 0. The van der Waals surface area contributed by atoms with Crippen LogP contribution in [0.15, 0.2) is 0 Å². The molecular formula is H6CsI3Pb. The zero-order valence-electron chi connectivity index (χ0n) is 1.93. The Kier molecular flexibility index (Phi) is 147. The molecular weight excluding hydrogens is 721 g/mol. The second-order valence-corrected chi connectivity index (χ2v) is 0.